The maximum atomic E-state index is 3.45. The van der Waals surface area contributed by atoms with Crippen molar-refractivity contribution in [3.63, 3.8) is 0 Å². The van der Waals surface area contributed by atoms with Crippen molar-refractivity contribution in [2.45, 2.75) is 85.4 Å². The van der Waals surface area contributed by atoms with Crippen molar-refractivity contribution in [1.82, 2.24) is 0 Å². The van der Waals surface area contributed by atoms with E-state index < -0.39 is 0 Å². The summed E-state index contributed by atoms with van der Waals surface area (Å²) in [5.74, 6) is 8.83. The van der Waals surface area contributed by atoms with E-state index >= 15 is 0 Å². The Morgan fingerprint density at radius 1 is 1.05 bits per heavy atom. The average Bonchev–Trinajstić information content (AvgIpc) is 2.43. The van der Waals surface area contributed by atoms with Gasteiger partial charge in [0, 0.05) is 5.92 Å². The summed E-state index contributed by atoms with van der Waals surface area (Å²) in [6.07, 6.45) is 11.9. The molecule has 0 heterocycles. The van der Waals surface area contributed by atoms with Gasteiger partial charge in [-0.1, -0.05) is 71.2 Å². The third-order valence-electron chi connectivity index (χ3n) is 4.34. The number of rotatable bonds is 9. The fourth-order valence-corrected chi connectivity index (χ4v) is 2.55. The Morgan fingerprint density at radius 3 is 2.19 bits per heavy atom. The molecule has 0 bridgehead atoms. The first-order valence-electron chi connectivity index (χ1n) is 9.00. The summed E-state index contributed by atoms with van der Waals surface area (Å²) in [5, 5.41) is 0.403. The Labute approximate surface area is 135 Å². The molecule has 0 aliphatic rings. The molecule has 0 aromatic carbocycles. The molecule has 0 radical (unpaired) electrons. The predicted octanol–water partition coefficient (Wildman–Crippen LogP) is 5.65. The van der Waals surface area contributed by atoms with Gasteiger partial charge in [-0.3, -0.25) is 0 Å². The van der Waals surface area contributed by atoms with Crippen molar-refractivity contribution in [2.75, 3.05) is 0 Å². The molecular formula is C20H37B. The molecule has 0 saturated carbocycles. The van der Waals surface area contributed by atoms with E-state index in [0.717, 1.165) is 5.92 Å². The van der Waals surface area contributed by atoms with Crippen LogP contribution in [-0.4, -0.2) is 7.85 Å². The second kappa shape index (κ2) is 11.0. The Morgan fingerprint density at radius 2 is 1.71 bits per heavy atom. The molecule has 21 heavy (non-hydrogen) atoms. The van der Waals surface area contributed by atoms with E-state index in [1.807, 2.05) is 0 Å². The minimum Gasteiger partial charge on any atom is -0.0951 e. The van der Waals surface area contributed by atoms with Gasteiger partial charge in [0.2, 0.25) is 0 Å². The normalized spacial score (nSPS) is 16.3. The van der Waals surface area contributed by atoms with E-state index in [4.69, 9.17) is 0 Å². The van der Waals surface area contributed by atoms with Gasteiger partial charge in [-0.25, -0.2) is 0 Å². The van der Waals surface area contributed by atoms with Crippen LogP contribution in [0.2, 0.25) is 5.31 Å². The average molecular weight is 288 g/mol. The SMILES string of the molecule is BC(C)(C)CC(/C=C/C#CC(CC)CCC(C)CC)CC. The van der Waals surface area contributed by atoms with Crippen LogP contribution in [0.4, 0.5) is 0 Å². The van der Waals surface area contributed by atoms with Crippen LogP contribution in [0.25, 0.3) is 0 Å². The van der Waals surface area contributed by atoms with Crippen LogP contribution in [-0.2, 0) is 0 Å². The number of hydrogen-bond donors (Lipinski definition) is 0. The maximum Gasteiger partial charge on any atom is 0.108 e. The minimum atomic E-state index is 0.403. The molecule has 1 heteroatoms. The van der Waals surface area contributed by atoms with Crippen LogP contribution in [0.5, 0.6) is 0 Å². The summed E-state index contributed by atoms with van der Waals surface area (Å²) in [5.41, 5.74) is 0. The van der Waals surface area contributed by atoms with E-state index in [0.29, 0.717) is 17.2 Å². The summed E-state index contributed by atoms with van der Waals surface area (Å²) in [6.45, 7) is 13.8. The van der Waals surface area contributed by atoms with E-state index in [-0.39, 0.29) is 0 Å². The van der Waals surface area contributed by atoms with Crippen LogP contribution in [0, 0.1) is 29.6 Å². The lowest BCUT2D eigenvalue weighted by atomic mass is 9.67. The highest BCUT2D eigenvalue weighted by Crippen LogP contribution is 2.30. The van der Waals surface area contributed by atoms with Gasteiger partial charge in [-0.15, -0.1) is 0 Å². The second-order valence-electron chi connectivity index (χ2n) is 7.78. The van der Waals surface area contributed by atoms with Crippen molar-refractivity contribution in [3.05, 3.63) is 12.2 Å². The predicted molar refractivity (Wildman–Crippen MR) is 100 cm³/mol. The first-order valence-corrected chi connectivity index (χ1v) is 9.00. The Balaban J connectivity index is 4.35. The van der Waals surface area contributed by atoms with Crippen LogP contribution in [0.3, 0.4) is 0 Å². The number of allylic oxidation sites excluding steroid dienone is 2. The van der Waals surface area contributed by atoms with Gasteiger partial charge in [-0.05, 0) is 50.0 Å². The molecule has 3 atom stereocenters. The fraction of sp³-hybridized carbons (Fsp3) is 0.800. The first kappa shape index (κ1) is 20.4. The van der Waals surface area contributed by atoms with Crippen LogP contribution >= 0.6 is 0 Å². The first-order chi connectivity index (χ1) is 9.82. The van der Waals surface area contributed by atoms with Crippen molar-refractivity contribution in [2.24, 2.45) is 17.8 Å². The van der Waals surface area contributed by atoms with Crippen LogP contribution in [0.1, 0.15) is 80.1 Å². The summed E-state index contributed by atoms with van der Waals surface area (Å²) in [7, 11) is 2.32. The number of hydrogen-bond acceptors (Lipinski definition) is 0. The van der Waals surface area contributed by atoms with E-state index in [9.17, 15) is 0 Å². The summed E-state index contributed by atoms with van der Waals surface area (Å²) < 4.78 is 0. The molecule has 0 aromatic heterocycles. The third kappa shape index (κ3) is 11.7. The smallest absolute Gasteiger partial charge is 0.0951 e. The molecule has 0 amide bonds. The molecule has 0 aliphatic heterocycles. The van der Waals surface area contributed by atoms with Gasteiger partial charge in [0.05, 0.1) is 0 Å². The van der Waals surface area contributed by atoms with Crippen molar-refractivity contribution in [1.29, 1.82) is 0 Å². The zero-order chi connectivity index (χ0) is 16.3. The molecule has 0 N–H and O–H groups in total. The molecular weight excluding hydrogens is 251 g/mol. The quantitative estimate of drug-likeness (QED) is 0.380. The van der Waals surface area contributed by atoms with Gasteiger partial charge >= 0.3 is 0 Å². The van der Waals surface area contributed by atoms with Crippen LogP contribution < -0.4 is 0 Å². The highest BCUT2D eigenvalue weighted by Gasteiger charge is 2.15. The van der Waals surface area contributed by atoms with Gasteiger partial charge in [-0.2, -0.15) is 0 Å². The summed E-state index contributed by atoms with van der Waals surface area (Å²) in [6, 6.07) is 0. The van der Waals surface area contributed by atoms with Crippen molar-refractivity contribution >= 4 is 7.85 Å². The van der Waals surface area contributed by atoms with Gasteiger partial charge in [0.1, 0.15) is 7.85 Å². The zero-order valence-corrected chi connectivity index (χ0v) is 15.6. The Kier molecular flexibility index (Phi) is 10.7. The van der Waals surface area contributed by atoms with Crippen LogP contribution in [0.15, 0.2) is 12.2 Å². The van der Waals surface area contributed by atoms with E-state index in [1.165, 1.54) is 38.5 Å². The van der Waals surface area contributed by atoms with Gasteiger partial charge < -0.3 is 0 Å². The maximum absolute atomic E-state index is 3.45. The van der Waals surface area contributed by atoms with Crippen molar-refractivity contribution < 1.29 is 0 Å². The molecule has 0 spiro atoms. The van der Waals surface area contributed by atoms with Gasteiger partial charge in [0.15, 0.2) is 0 Å². The molecule has 0 aliphatic carbocycles. The Hall–Kier alpha value is -0.635. The molecule has 0 rings (SSSR count). The molecule has 0 fully saturated rings. The molecule has 0 aromatic rings. The lowest BCUT2D eigenvalue weighted by Gasteiger charge is -2.22. The summed E-state index contributed by atoms with van der Waals surface area (Å²) >= 11 is 0. The topological polar surface area (TPSA) is 0 Å². The monoisotopic (exact) mass is 288 g/mol. The zero-order valence-electron chi connectivity index (χ0n) is 15.6. The molecule has 0 nitrogen and oxygen atoms in total. The second-order valence-corrected chi connectivity index (χ2v) is 7.78. The minimum absolute atomic E-state index is 0.403. The van der Waals surface area contributed by atoms with E-state index in [2.05, 4.69) is 73.4 Å². The standard InChI is InChI=1S/C20H37B/c1-7-17(4)14-15-18(8-2)12-10-11-13-19(9-3)16-20(5,6)21/h11,13,17-19H,7-9,14-16,21H2,1-6H3/b13-11+. The highest BCUT2D eigenvalue weighted by molar-refractivity contribution is 6.14. The van der Waals surface area contributed by atoms with Gasteiger partial charge in [0.25, 0.3) is 0 Å². The van der Waals surface area contributed by atoms with E-state index in [1.54, 1.807) is 0 Å². The lowest BCUT2D eigenvalue weighted by Crippen LogP contribution is -2.08. The Bertz CT molecular complexity index is 337. The lowest BCUT2D eigenvalue weighted by molar-refractivity contribution is 0.446. The molecule has 0 saturated heterocycles. The highest BCUT2D eigenvalue weighted by atomic mass is 14.2. The van der Waals surface area contributed by atoms with Crippen molar-refractivity contribution in [3.8, 4) is 11.8 Å². The fourth-order valence-electron chi connectivity index (χ4n) is 2.55. The third-order valence-corrected chi connectivity index (χ3v) is 4.34. The largest absolute Gasteiger partial charge is 0.108 e. The summed E-state index contributed by atoms with van der Waals surface area (Å²) in [4.78, 5) is 0. The molecule has 120 valence electrons. The molecule has 3 unspecified atom stereocenters.